The van der Waals surface area contributed by atoms with Crippen LogP contribution in [-0.4, -0.2) is 13.7 Å². The van der Waals surface area contributed by atoms with Crippen LogP contribution in [0.2, 0.25) is 5.02 Å². The van der Waals surface area contributed by atoms with Crippen molar-refractivity contribution in [3.8, 4) is 0 Å². The molecule has 1 atom stereocenters. The van der Waals surface area contributed by atoms with Gasteiger partial charge in [0.25, 0.3) is 0 Å². The smallest absolute Gasteiger partial charge is 0.0656 e. The van der Waals surface area contributed by atoms with Gasteiger partial charge < -0.3 is 10.5 Å². The summed E-state index contributed by atoms with van der Waals surface area (Å²) in [5, 5.41) is 0.659. The number of methoxy groups -OCH3 is 1. The first-order chi connectivity index (χ1) is 6.16. The number of rotatable bonds is 3. The number of benzene rings is 1. The van der Waals surface area contributed by atoms with E-state index in [1.165, 1.54) is 0 Å². The summed E-state index contributed by atoms with van der Waals surface area (Å²) in [4.78, 5) is 0. The largest absolute Gasteiger partial charge is 0.383 e. The van der Waals surface area contributed by atoms with Gasteiger partial charge in [-0.2, -0.15) is 0 Å². The number of nitrogens with two attached hydrogens (primary N) is 1. The van der Waals surface area contributed by atoms with Crippen LogP contribution in [0, 0.1) is 0 Å². The van der Waals surface area contributed by atoms with E-state index in [4.69, 9.17) is 22.1 Å². The van der Waals surface area contributed by atoms with E-state index < -0.39 is 0 Å². The Labute approximate surface area is 91.2 Å². The zero-order valence-electron chi connectivity index (χ0n) is 7.26. The molecule has 0 bridgehead atoms. The SMILES string of the molecule is COCC(N)c1cccc(Br)c1Cl. The monoisotopic (exact) mass is 263 g/mol. The molecule has 0 aromatic heterocycles. The Hall–Kier alpha value is -0.0900. The molecule has 1 aromatic rings. The second-order valence-electron chi connectivity index (χ2n) is 2.70. The second-order valence-corrected chi connectivity index (χ2v) is 3.94. The van der Waals surface area contributed by atoms with Gasteiger partial charge in [-0.25, -0.2) is 0 Å². The predicted molar refractivity (Wildman–Crippen MR) is 58.0 cm³/mol. The zero-order valence-corrected chi connectivity index (χ0v) is 9.60. The highest BCUT2D eigenvalue weighted by Crippen LogP contribution is 2.29. The highest BCUT2D eigenvalue weighted by Gasteiger charge is 2.11. The van der Waals surface area contributed by atoms with Crippen molar-refractivity contribution in [1.82, 2.24) is 0 Å². The standard InChI is InChI=1S/C9H11BrClNO/c1-13-5-8(12)6-3-2-4-7(10)9(6)11/h2-4,8H,5,12H2,1H3. The minimum atomic E-state index is -0.171. The van der Waals surface area contributed by atoms with Crippen LogP contribution in [0.15, 0.2) is 22.7 Å². The lowest BCUT2D eigenvalue weighted by molar-refractivity contribution is 0.181. The summed E-state index contributed by atoms with van der Waals surface area (Å²) < 4.78 is 5.81. The first-order valence-corrected chi connectivity index (χ1v) is 5.02. The lowest BCUT2D eigenvalue weighted by Crippen LogP contribution is -2.16. The van der Waals surface area contributed by atoms with Crippen LogP contribution in [-0.2, 0) is 4.74 Å². The van der Waals surface area contributed by atoms with Crippen molar-refractivity contribution >= 4 is 27.5 Å². The molecule has 0 saturated carbocycles. The molecule has 72 valence electrons. The van der Waals surface area contributed by atoms with Gasteiger partial charge in [0.05, 0.1) is 17.7 Å². The van der Waals surface area contributed by atoms with E-state index in [1.54, 1.807) is 7.11 Å². The molecule has 0 amide bonds. The second kappa shape index (κ2) is 4.96. The molecule has 0 spiro atoms. The zero-order chi connectivity index (χ0) is 9.84. The van der Waals surface area contributed by atoms with Gasteiger partial charge in [0.2, 0.25) is 0 Å². The molecule has 13 heavy (non-hydrogen) atoms. The summed E-state index contributed by atoms with van der Waals surface area (Å²) in [6.07, 6.45) is 0. The van der Waals surface area contributed by atoms with Crippen LogP contribution in [0.1, 0.15) is 11.6 Å². The van der Waals surface area contributed by atoms with Crippen molar-refractivity contribution in [1.29, 1.82) is 0 Å². The summed E-state index contributed by atoms with van der Waals surface area (Å²) in [5.74, 6) is 0. The quantitative estimate of drug-likeness (QED) is 0.911. The van der Waals surface area contributed by atoms with Gasteiger partial charge in [-0.05, 0) is 27.6 Å². The van der Waals surface area contributed by atoms with Crippen LogP contribution in [0.3, 0.4) is 0 Å². The van der Waals surface area contributed by atoms with Crippen molar-refractivity contribution in [2.45, 2.75) is 6.04 Å². The summed E-state index contributed by atoms with van der Waals surface area (Å²) in [7, 11) is 1.62. The maximum absolute atomic E-state index is 6.04. The third-order valence-corrected chi connectivity index (χ3v) is 3.04. The van der Waals surface area contributed by atoms with E-state index in [0.717, 1.165) is 10.0 Å². The number of hydrogen-bond acceptors (Lipinski definition) is 2. The van der Waals surface area contributed by atoms with Crippen LogP contribution < -0.4 is 5.73 Å². The normalized spacial score (nSPS) is 12.9. The minimum absolute atomic E-state index is 0.171. The average Bonchev–Trinajstić information content (AvgIpc) is 2.10. The molecule has 1 aromatic carbocycles. The Balaban J connectivity index is 2.93. The molecule has 0 aliphatic heterocycles. The van der Waals surface area contributed by atoms with E-state index in [1.807, 2.05) is 18.2 Å². The first-order valence-electron chi connectivity index (χ1n) is 3.85. The Kier molecular flexibility index (Phi) is 4.19. The molecule has 0 aliphatic carbocycles. The highest BCUT2D eigenvalue weighted by molar-refractivity contribution is 9.10. The van der Waals surface area contributed by atoms with Crippen LogP contribution in [0.4, 0.5) is 0 Å². The number of ether oxygens (including phenoxy) is 1. The maximum atomic E-state index is 6.04. The topological polar surface area (TPSA) is 35.2 Å². The molecule has 2 nitrogen and oxygen atoms in total. The number of hydrogen-bond donors (Lipinski definition) is 1. The van der Waals surface area contributed by atoms with Gasteiger partial charge in [0.15, 0.2) is 0 Å². The minimum Gasteiger partial charge on any atom is -0.383 e. The fourth-order valence-corrected chi connectivity index (χ4v) is 1.72. The van der Waals surface area contributed by atoms with E-state index in [2.05, 4.69) is 15.9 Å². The van der Waals surface area contributed by atoms with Crippen LogP contribution >= 0.6 is 27.5 Å². The molecule has 1 rings (SSSR count). The van der Waals surface area contributed by atoms with E-state index >= 15 is 0 Å². The third-order valence-electron chi connectivity index (χ3n) is 1.73. The van der Waals surface area contributed by atoms with Crippen molar-refractivity contribution < 1.29 is 4.74 Å². The molecule has 0 saturated heterocycles. The van der Waals surface area contributed by atoms with Crippen molar-refractivity contribution in [2.24, 2.45) is 5.73 Å². The average molecular weight is 265 g/mol. The fourth-order valence-electron chi connectivity index (χ4n) is 1.08. The third kappa shape index (κ3) is 2.68. The molecule has 0 heterocycles. The maximum Gasteiger partial charge on any atom is 0.0656 e. The van der Waals surface area contributed by atoms with Crippen molar-refractivity contribution in [3.63, 3.8) is 0 Å². The first kappa shape index (κ1) is 11.0. The molecule has 0 aliphatic rings. The molecule has 0 fully saturated rings. The van der Waals surface area contributed by atoms with Gasteiger partial charge in [0, 0.05) is 11.6 Å². The van der Waals surface area contributed by atoms with Gasteiger partial charge in [-0.3, -0.25) is 0 Å². The summed E-state index contributed by atoms with van der Waals surface area (Å²) in [6.45, 7) is 0.468. The molecule has 0 radical (unpaired) electrons. The van der Waals surface area contributed by atoms with Gasteiger partial charge in [-0.1, -0.05) is 23.7 Å². The summed E-state index contributed by atoms with van der Waals surface area (Å²) in [6, 6.07) is 5.51. The Morgan fingerprint density at radius 1 is 1.62 bits per heavy atom. The van der Waals surface area contributed by atoms with E-state index in [-0.39, 0.29) is 6.04 Å². The Morgan fingerprint density at radius 2 is 2.31 bits per heavy atom. The fraction of sp³-hybridized carbons (Fsp3) is 0.333. The van der Waals surface area contributed by atoms with E-state index in [0.29, 0.717) is 11.6 Å². The Morgan fingerprint density at radius 3 is 2.92 bits per heavy atom. The molecule has 2 N–H and O–H groups in total. The van der Waals surface area contributed by atoms with Gasteiger partial charge in [-0.15, -0.1) is 0 Å². The predicted octanol–water partition coefficient (Wildman–Crippen LogP) is 2.75. The van der Waals surface area contributed by atoms with Crippen molar-refractivity contribution in [3.05, 3.63) is 33.3 Å². The Bertz CT molecular complexity index is 293. The van der Waals surface area contributed by atoms with Gasteiger partial charge in [0.1, 0.15) is 0 Å². The molecule has 1 unspecified atom stereocenters. The summed E-state index contributed by atoms with van der Waals surface area (Å²) >= 11 is 9.38. The van der Waals surface area contributed by atoms with Crippen molar-refractivity contribution in [2.75, 3.05) is 13.7 Å². The summed E-state index contributed by atoms with van der Waals surface area (Å²) in [5.41, 5.74) is 6.75. The number of halogens is 2. The van der Waals surface area contributed by atoms with Crippen LogP contribution in [0.5, 0.6) is 0 Å². The lowest BCUT2D eigenvalue weighted by atomic mass is 10.1. The molecule has 4 heteroatoms. The van der Waals surface area contributed by atoms with Gasteiger partial charge >= 0.3 is 0 Å². The lowest BCUT2D eigenvalue weighted by Gasteiger charge is -2.13. The molecular formula is C9H11BrClNO. The highest BCUT2D eigenvalue weighted by atomic mass is 79.9. The molecular weight excluding hydrogens is 253 g/mol. The van der Waals surface area contributed by atoms with E-state index in [9.17, 15) is 0 Å². The van der Waals surface area contributed by atoms with Crippen LogP contribution in [0.25, 0.3) is 0 Å².